The number of hydrogen-bond acceptors (Lipinski definition) is 4. The maximum absolute atomic E-state index is 11.8. The van der Waals surface area contributed by atoms with E-state index in [0.29, 0.717) is 5.75 Å². The first-order chi connectivity index (χ1) is 6.33. The Morgan fingerprint density at radius 1 is 1.50 bits per heavy atom. The summed E-state index contributed by atoms with van der Waals surface area (Å²) in [6, 6.07) is 0. The smallest absolute Gasteiger partial charge is 0.327 e. The molecule has 0 bridgehead atoms. The topological polar surface area (TPSA) is 52.3 Å². The van der Waals surface area contributed by atoms with Crippen LogP contribution in [0.3, 0.4) is 0 Å². The molecule has 14 heavy (non-hydrogen) atoms. The predicted molar refractivity (Wildman–Crippen MR) is 59.3 cm³/mol. The minimum absolute atomic E-state index is 0.253. The monoisotopic (exact) mass is 217 g/mol. The molecule has 1 aliphatic rings. The fourth-order valence-corrected chi connectivity index (χ4v) is 2.48. The molecule has 0 aromatic rings. The molecule has 0 amide bonds. The molecule has 3 nitrogen and oxygen atoms in total. The lowest BCUT2D eigenvalue weighted by molar-refractivity contribution is -0.161. The van der Waals surface area contributed by atoms with Crippen molar-refractivity contribution in [2.45, 2.75) is 44.8 Å². The van der Waals surface area contributed by atoms with E-state index in [1.165, 1.54) is 0 Å². The largest absolute Gasteiger partial charge is 0.459 e. The molecule has 0 radical (unpaired) electrons. The van der Waals surface area contributed by atoms with E-state index in [-0.39, 0.29) is 5.97 Å². The summed E-state index contributed by atoms with van der Waals surface area (Å²) < 4.78 is 5.30. The molecule has 0 aliphatic carbocycles. The maximum atomic E-state index is 11.8. The van der Waals surface area contributed by atoms with Crippen LogP contribution in [-0.4, -0.2) is 28.6 Å². The molecule has 82 valence electrons. The summed E-state index contributed by atoms with van der Waals surface area (Å²) in [6.45, 7) is 5.60. The standard InChI is InChI=1S/C10H19NO2S/c1-9(2,3)13-8(12)10(11)5-4-6-14-7-10/h4-7,11H2,1-3H3. The van der Waals surface area contributed by atoms with Crippen LogP contribution in [-0.2, 0) is 9.53 Å². The molecule has 0 spiro atoms. The summed E-state index contributed by atoms with van der Waals surface area (Å²) in [5, 5.41) is 0. The molecule has 4 heteroatoms. The zero-order chi connectivity index (χ0) is 10.8. The van der Waals surface area contributed by atoms with Gasteiger partial charge in [0.25, 0.3) is 0 Å². The second kappa shape index (κ2) is 4.11. The minimum atomic E-state index is -0.754. The third-order valence-corrected chi connectivity index (χ3v) is 3.37. The Balaban J connectivity index is 2.58. The van der Waals surface area contributed by atoms with Crippen LogP contribution in [0.5, 0.6) is 0 Å². The van der Waals surface area contributed by atoms with Gasteiger partial charge in [-0.25, -0.2) is 0 Å². The summed E-state index contributed by atoms with van der Waals surface area (Å²) in [7, 11) is 0. The molecule has 0 aromatic carbocycles. The molecule has 1 aliphatic heterocycles. The number of rotatable bonds is 1. The molecule has 1 heterocycles. The second-order valence-electron chi connectivity index (χ2n) is 4.81. The number of hydrogen-bond donors (Lipinski definition) is 1. The highest BCUT2D eigenvalue weighted by atomic mass is 32.2. The van der Waals surface area contributed by atoms with E-state index < -0.39 is 11.1 Å². The Morgan fingerprint density at radius 2 is 2.14 bits per heavy atom. The summed E-state index contributed by atoms with van der Waals surface area (Å²) in [4.78, 5) is 11.8. The minimum Gasteiger partial charge on any atom is -0.459 e. The number of esters is 1. The van der Waals surface area contributed by atoms with E-state index in [1.807, 2.05) is 20.8 Å². The fourth-order valence-electron chi connectivity index (χ4n) is 1.36. The van der Waals surface area contributed by atoms with Crippen LogP contribution in [0.25, 0.3) is 0 Å². The van der Waals surface area contributed by atoms with Crippen molar-refractivity contribution in [1.82, 2.24) is 0 Å². The van der Waals surface area contributed by atoms with Crippen LogP contribution in [0, 0.1) is 0 Å². The van der Waals surface area contributed by atoms with Crippen molar-refractivity contribution in [1.29, 1.82) is 0 Å². The average Bonchev–Trinajstić information content (AvgIpc) is 2.02. The van der Waals surface area contributed by atoms with Crippen LogP contribution in [0.15, 0.2) is 0 Å². The zero-order valence-electron chi connectivity index (χ0n) is 9.13. The van der Waals surface area contributed by atoms with E-state index in [4.69, 9.17) is 10.5 Å². The SMILES string of the molecule is CC(C)(C)OC(=O)C1(N)CCCSC1. The Hall–Kier alpha value is -0.220. The van der Waals surface area contributed by atoms with Crippen LogP contribution >= 0.6 is 11.8 Å². The van der Waals surface area contributed by atoms with Gasteiger partial charge in [0.2, 0.25) is 0 Å². The van der Waals surface area contributed by atoms with Gasteiger partial charge in [0.05, 0.1) is 0 Å². The summed E-state index contributed by atoms with van der Waals surface area (Å²) in [6.07, 6.45) is 1.75. The van der Waals surface area contributed by atoms with Crippen molar-refractivity contribution in [2.75, 3.05) is 11.5 Å². The first kappa shape index (κ1) is 11.9. The molecule has 2 N–H and O–H groups in total. The average molecular weight is 217 g/mol. The zero-order valence-corrected chi connectivity index (χ0v) is 9.95. The molecular formula is C10H19NO2S. The quantitative estimate of drug-likeness (QED) is 0.677. The van der Waals surface area contributed by atoms with Gasteiger partial charge < -0.3 is 10.5 Å². The van der Waals surface area contributed by atoms with Crippen molar-refractivity contribution in [3.8, 4) is 0 Å². The highest BCUT2D eigenvalue weighted by Crippen LogP contribution is 2.27. The van der Waals surface area contributed by atoms with E-state index in [0.717, 1.165) is 18.6 Å². The lowest BCUT2D eigenvalue weighted by Crippen LogP contribution is -2.54. The third-order valence-electron chi connectivity index (χ3n) is 2.08. The number of thioether (sulfide) groups is 1. The van der Waals surface area contributed by atoms with Crippen molar-refractivity contribution in [2.24, 2.45) is 5.73 Å². The van der Waals surface area contributed by atoms with Gasteiger partial charge in [-0.15, -0.1) is 0 Å². The molecule has 1 unspecified atom stereocenters. The predicted octanol–water partition coefficient (Wildman–Crippen LogP) is 1.55. The van der Waals surface area contributed by atoms with Crippen molar-refractivity contribution in [3.05, 3.63) is 0 Å². The molecule has 1 fully saturated rings. The molecule has 1 atom stereocenters. The van der Waals surface area contributed by atoms with Crippen LogP contribution in [0.2, 0.25) is 0 Å². The summed E-state index contributed by atoms with van der Waals surface area (Å²) in [5.41, 5.74) is 4.82. The van der Waals surface area contributed by atoms with Crippen molar-refractivity contribution < 1.29 is 9.53 Å². The van der Waals surface area contributed by atoms with E-state index in [9.17, 15) is 4.79 Å². The Bertz CT molecular complexity index is 217. The van der Waals surface area contributed by atoms with Crippen LogP contribution < -0.4 is 5.73 Å². The highest BCUT2D eigenvalue weighted by molar-refractivity contribution is 7.99. The normalized spacial score (nSPS) is 28.6. The molecular weight excluding hydrogens is 198 g/mol. The molecule has 0 aromatic heterocycles. The van der Waals surface area contributed by atoms with Gasteiger partial charge in [0.1, 0.15) is 11.1 Å². The Morgan fingerprint density at radius 3 is 2.57 bits per heavy atom. The van der Waals surface area contributed by atoms with Gasteiger partial charge in [-0.2, -0.15) is 11.8 Å². The fraction of sp³-hybridized carbons (Fsp3) is 0.900. The van der Waals surface area contributed by atoms with Gasteiger partial charge in [0, 0.05) is 5.75 Å². The summed E-state index contributed by atoms with van der Waals surface area (Å²) in [5.74, 6) is 1.53. The third kappa shape index (κ3) is 3.17. The second-order valence-corrected chi connectivity index (χ2v) is 5.92. The van der Waals surface area contributed by atoms with E-state index in [2.05, 4.69) is 0 Å². The van der Waals surface area contributed by atoms with E-state index >= 15 is 0 Å². The number of nitrogens with two attached hydrogens (primary N) is 1. The lowest BCUT2D eigenvalue weighted by Gasteiger charge is -2.33. The number of carbonyl (C=O) groups excluding carboxylic acids is 1. The number of ether oxygens (including phenoxy) is 1. The van der Waals surface area contributed by atoms with Crippen molar-refractivity contribution >= 4 is 17.7 Å². The van der Waals surface area contributed by atoms with Gasteiger partial charge in [-0.1, -0.05) is 0 Å². The molecule has 1 rings (SSSR count). The molecule has 1 saturated heterocycles. The first-order valence-electron chi connectivity index (χ1n) is 4.94. The lowest BCUT2D eigenvalue weighted by atomic mass is 9.96. The van der Waals surface area contributed by atoms with Crippen LogP contribution in [0.4, 0.5) is 0 Å². The van der Waals surface area contributed by atoms with Crippen molar-refractivity contribution in [3.63, 3.8) is 0 Å². The van der Waals surface area contributed by atoms with E-state index in [1.54, 1.807) is 11.8 Å². The molecule has 0 saturated carbocycles. The van der Waals surface area contributed by atoms with Gasteiger partial charge in [-0.05, 0) is 39.4 Å². The summed E-state index contributed by atoms with van der Waals surface area (Å²) >= 11 is 1.73. The highest BCUT2D eigenvalue weighted by Gasteiger charge is 2.39. The number of carbonyl (C=O) groups is 1. The van der Waals surface area contributed by atoms with Gasteiger partial charge >= 0.3 is 5.97 Å². The van der Waals surface area contributed by atoms with Crippen LogP contribution in [0.1, 0.15) is 33.6 Å². The van der Waals surface area contributed by atoms with Gasteiger partial charge in [-0.3, -0.25) is 4.79 Å². The first-order valence-corrected chi connectivity index (χ1v) is 6.09. The Kier molecular flexibility index (Phi) is 3.48. The maximum Gasteiger partial charge on any atom is 0.327 e. The Labute approximate surface area is 89.8 Å². The van der Waals surface area contributed by atoms with Gasteiger partial charge in [0.15, 0.2) is 0 Å².